The van der Waals surface area contributed by atoms with Crippen molar-refractivity contribution in [2.75, 3.05) is 12.8 Å². The Balaban J connectivity index is 2.34. The highest BCUT2D eigenvalue weighted by atomic mass is 32.2. The number of benzene rings is 1. The number of hydrogen-bond donors (Lipinski definition) is 2. The van der Waals surface area contributed by atoms with Crippen LogP contribution in [0.3, 0.4) is 0 Å². The second-order valence-corrected chi connectivity index (χ2v) is 11.9. The van der Waals surface area contributed by atoms with Crippen molar-refractivity contribution in [1.82, 2.24) is 5.06 Å². The molecule has 1 aromatic rings. The molecule has 0 spiro atoms. The standard InChI is InChI=1S/C26H45NO3S/c1-25(2,3)21-18-20(19-22(24(21)29)26(4,5)6)31-17-15-13-11-9-8-10-12-14-16-23(28)27(7)30/h18-19,29-30H,8-17H2,1-7H3. The summed E-state index contributed by atoms with van der Waals surface area (Å²) in [6.45, 7) is 13.0. The zero-order valence-corrected chi connectivity index (χ0v) is 21.7. The van der Waals surface area contributed by atoms with Gasteiger partial charge in [-0.1, -0.05) is 80.1 Å². The highest BCUT2D eigenvalue weighted by Crippen LogP contribution is 2.41. The molecule has 0 heterocycles. The van der Waals surface area contributed by atoms with Gasteiger partial charge in [0.05, 0.1) is 0 Å². The van der Waals surface area contributed by atoms with E-state index in [1.807, 2.05) is 11.8 Å². The highest BCUT2D eigenvalue weighted by molar-refractivity contribution is 7.99. The van der Waals surface area contributed by atoms with Crippen LogP contribution >= 0.6 is 11.8 Å². The van der Waals surface area contributed by atoms with Gasteiger partial charge in [0.25, 0.3) is 0 Å². The first-order valence-corrected chi connectivity index (χ1v) is 12.8. The summed E-state index contributed by atoms with van der Waals surface area (Å²) in [4.78, 5) is 12.6. The first-order valence-electron chi connectivity index (χ1n) is 11.8. The number of carbonyl (C=O) groups is 1. The number of amides is 1. The van der Waals surface area contributed by atoms with Gasteiger partial charge in [0.15, 0.2) is 0 Å². The minimum absolute atomic E-state index is 0.0814. The maximum Gasteiger partial charge on any atom is 0.245 e. The summed E-state index contributed by atoms with van der Waals surface area (Å²) in [5.74, 6) is 1.36. The van der Waals surface area contributed by atoms with Gasteiger partial charge in [-0.05, 0) is 41.6 Å². The molecule has 0 saturated carbocycles. The number of carbonyl (C=O) groups excluding carboxylic acids is 1. The zero-order valence-electron chi connectivity index (χ0n) is 20.9. The van der Waals surface area contributed by atoms with E-state index in [1.54, 1.807) is 0 Å². The van der Waals surface area contributed by atoms with Gasteiger partial charge in [-0.2, -0.15) is 0 Å². The van der Waals surface area contributed by atoms with Crippen molar-refractivity contribution >= 4 is 17.7 Å². The summed E-state index contributed by atoms with van der Waals surface area (Å²) in [5.41, 5.74) is 1.91. The first-order chi connectivity index (χ1) is 14.3. The fraction of sp³-hybridized carbons (Fsp3) is 0.731. The Bertz CT molecular complexity index is 652. The monoisotopic (exact) mass is 451 g/mol. The molecular weight excluding hydrogens is 406 g/mol. The van der Waals surface area contributed by atoms with Crippen molar-refractivity contribution in [3.05, 3.63) is 23.3 Å². The molecule has 0 fully saturated rings. The highest BCUT2D eigenvalue weighted by Gasteiger charge is 2.26. The number of rotatable bonds is 12. The Hall–Kier alpha value is -1.20. The number of hydroxylamine groups is 2. The average molecular weight is 452 g/mol. The molecule has 1 aromatic carbocycles. The second-order valence-electron chi connectivity index (χ2n) is 10.7. The van der Waals surface area contributed by atoms with Crippen LogP contribution in [0.4, 0.5) is 0 Å². The molecule has 0 atom stereocenters. The lowest BCUT2D eigenvalue weighted by atomic mass is 9.79. The minimum Gasteiger partial charge on any atom is -0.507 e. The van der Waals surface area contributed by atoms with Crippen LogP contribution in [-0.4, -0.2) is 34.1 Å². The van der Waals surface area contributed by atoms with E-state index in [1.165, 1.54) is 44.0 Å². The molecule has 0 bridgehead atoms. The van der Waals surface area contributed by atoms with E-state index >= 15 is 0 Å². The number of nitrogens with zero attached hydrogens (tertiary/aromatic N) is 1. The molecule has 0 aromatic heterocycles. The SMILES string of the molecule is CN(O)C(=O)CCCCCCCCCCSc1cc(C(C)(C)C)c(O)c(C(C)(C)C)c1. The maximum absolute atomic E-state index is 11.3. The van der Waals surface area contributed by atoms with Gasteiger partial charge in [0.2, 0.25) is 5.91 Å². The van der Waals surface area contributed by atoms with Gasteiger partial charge in [0.1, 0.15) is 5.75 Å². The second kappa shape index (κ2) is 12.7. The van der Waals surface area contributed by atoms with Gasteiger partial charge >= 0.3 is 0 Å². The normalized spacial score (nSPS) is 12.3. The number of thioether (sulfide) groups is 1. The fourth-order valence-corrected chi connectivity index (χ4v) is 4.61. The molecule has 1 rings (SSSR count). The summed E-state index contributed by atoms with van der Waals surface area (Å²) in [6.07, 6.45) is 9.71. The van der Waals surface area contributed by atoms with Crippen molar-refractivity contribution < 1.29 is 15.1 Å². The van der Waals surface area contributed by atoms with E-state index in [0.29, 0.717) is 17.2 Å². The van der Waals surface area contributed by atoms with Gasteiger partial charge in [-0.15, -0.1) is 11.8 Å². The lowest BCUT2D eigenvalue weighted by Crippen LogP contribution is -2.21. The topological polar surface area (TPSA) is 60.8 Å². The Morgan fingerprint density at radius 2 is 1.26 bits per heavy atom. The molecule has 0 aliphatic heterocycles. The van der Waals surface area contributed by atoms with Crippen LogP contribution in [-0.2, 0) is 15.6 Å². The zero-order chi connectivity index (χ0) is 23.7. The Labute approximate surface area is 194 Å². The minimum atomic E-state index is -0.199. The summed E-state index contributed by atoms with van der Waals surface area (Å²) in [6, 6.07) is 4.35. The van der Waals surface area contributed by atoms with Crippen molar-refractivity contribution in [3.8, 4) is 5.75 Å². The summed E-state index contributed by atoms with van der Waals surface area (Å²) < 4.78 is 0. The predicted molar refractivity (Wildman–Crippen MR) is 132 cm³/mol. The van der Waals surface area contributed by atoms with Crippen molar-refractivity contribution in [2.45, 2.75) is 115 Å². The molecule has 2 N–H and O–H groups in total. The molecule has 1 amide bonds. The van der Waals surface area contributed by atoms with E-state index in [2.05, 4.69) is 53.7 Å². The number of unbranched alkanes of at least 4 members (excludes halogenated alkanes) is 7. The Morgan fingerprint density at radius 1 is 0.839 bits per heavy atom. The van der Waals surface area contributed by atoms with Crippen LogP contribution in [0.2, 0.25) is 0 Å². The third-order valence-electron chi connectivity index (χ3n) is 5.61. The average Bonchev–Trinajstić information content (AvgIpc) is 2.64. The fourth-order valence-electron chi connectivity index (χ4n) is 3.63. The van der Waals surface area contributed by atoms with Crippen LogP contribution in [0.25, 0.3) is 0 Å². The van der Waals surface area contributed by atoms with Crippen molar-refractivity contribution in [2.24, 2.45) is 0 Å². The molecule has 4 nitrogen and oxygen atoms in total. The smallest absolute Gasteiger partial charge is 0.245 e. The molecule has 0 unspecified atom stereocenters. The van der Waals surface area contributed by atoms with Crippen LogP contribution in [0.5, 0.6) is 5.75 Å². The number of hydrogen-bond acceptors (Lipinski definition) is 4. The molecule has 178 valence electrons. The quantitative estimate of drug-likeness (QED) is 0.150. The van der Waals surface area contributed by atoms with Crippen LogP contribution in [0.15, 0.2) is 17.0 Å². The van der Waals surface area contributed by atoms with Crippen LogP contribution < -0.4 is 0 Å². The third-order valence-corrected chi connectivity index (χ3v) is 6.68. The molecule has 0 saturated heterocycles. The molecule has 5 heteroatoms. The van der Waals surface area contributed by atoms with Crippen LogP contribution in [0, 0.1) is 0 Å². The van der Waals surface area contributed by atoms with Crippen molar-refractivity contribution in [1.29, 1.82) is 0 Å². The van der Waals surface area contributed by atoms with E-state index in [0.717, 1.165) is 36.1 Å². The lowest BCUT2D eigenvalue weighted by molar-refractivity contribution is -0.159. The molecule has 31 heavy (non-hydrogen) atoms. The number of phenolic OH excluding ortho intramolecular Hbond substituents is 1. The van der Waals surface area contributed by atoms with E-state index in [9.17, 15) is 9.90 Å². The van der Waals surface area contributed by atoms with Gasteiger partial charge in [-0.25, -0.2) is 5.06 Å². The molecule has 0 aliphatic carbocycles. The Morgan fingerprint density at radius 3 is 1.68 bits per heavy atom. The number of phenols is 1. The maximum atomic E-state index is 11.3. The van der Waals surface area contributed by atoms with Gasteiger partial charge in [-0.3, -0.25) is 10.0 Å². The third kappa shape index (κ3) is 10.3. The van der Waals surface area contributed by atoms with Crippen LogP contribution in [0.1, 0.15) is 110 Å². The molecule has 0 radical (unpaired) electrons. The summed E-state index contributed by atoms with van der Waals surface area (Å²) >= 11 is 1.90. The van der Waals surface area contributed by atoms with Crippen molar-refractivity contribution in [3.63, 3.8) is 0 Å². The molecule has 0 aliphatic rings. The van der Waals surface area contributed by atoms with Gasteiger partial charge < -0.3 is 5.11 Å². The van der Waals surface area contributed by atoms with E-state index < -0.39 is 0 Å². The number of aromatic hydroxyl groups is 1. The molecular formula is C26H45NO3S. The van der Waals surface area contributed by atoms with Gasteiger partial charge in [0, 0.05) is 29.5 Å². The van der Waals surface area contributed by atoms with E-state index in [-0.39, 0.29) is 16.7 Å². The summed E-state index contributed by atoms with van der Waals surface area (Å²) in [5, 5.41) is 20.5. The lowest BCUT2D eigenvalue weighted by Gasteiger charge is -2.28. The summed E-state index contributed by atoms with van der Waals surface area (Å²) in [7, 11) is 1.38. The largest absolute Gasteiger partial charge is 0.507 e. The first kappa shape index (κ1) is 27.8. The predicted octanol–water partition coefficient (Wildman–Crippen LogP) is 7.44. The Kier molecular flexibility index (Phi) is 11.4. The van der Waals surface area contributed by atoms with E-state index in [4.69, 9.17) is 5.21 Å².